The van der Waals surface area contributed by atoms with Crippen LogP contribution in [0.2, 0.25) is 0 Å². The Morgan fingerprint density at radius 2 is 2.31 bits per heavy atom. The van der Waals surface area contributed by atoms with E-state index in [4.69, 9.17) is 4.74 Å². The van der Waals surface area contributed by atoms with Crippen molar-refractivity contribution >= 4 is 21.7 Å². The lowest BCUT2D eigenvalue weighted by atomic mass is 10.2. The van der Waals surface area contributed by atoms with Crippen LogP contribution in [0, 0.1) is 6.92 Å². The molecule has 0 aliphatic carbocycles. The molecule has 4 nitrogen and oxygen atoms in total. The number of morpholine rings is 1. The van der Waals surface area contributed by atoms with Gasteiger partial charge in [0, 0.05) is 30.2 Å². The molecule has 88 valence electrons. The van der Waals surface area contributed by atoms with Crippen LogP contribution < -0.4 is 4.90 Å². The molecule has 1 aliphatic heterocycles. The number of alkyl halides is 1. The van der Waals surface area contributed by atoms with E-state index in [-0.39, 0.29) is 12.2 Å². The number of ether oxygens (including phenoxy) is 1. The molecule has 0 aromatic carbocycles. The first-order chi connectivity index (χ1) is 7.69. The van der Waals surface area contributed by atoms with Crippen molar-refractivity contribution < 1.29 is 4.74 Å². The molecule has 16 heavy (non-hydrogen) atoms. The minimum absolute atomic E-state index is 0.235. The highest BCUT2D eigenvalue weighted by Gasteiger charge is 2.25. The minimum Gasteiger partial charge on any atom is -0.371 e. The predicted molar refractivity (Wildman–Crippen MR) is 67.1 cm³/mol. The summed E-state index contributed by atoms with van der Waals surface area (Å²) >= 11 is 3.47. The van der Waals surface area contributed by atoms with Crippen molar-refractivity contribution in [2.45, 2.75) is 26.1 Å². The third kappa shape index (κ3) is 2.71. The second-order valence-electron chi connectivity index (χ2n) is 4.15. The van der Waals surface area contributed by atoms with Crippen LogP contribution in [0.5, 0.6) is 0 Å². The monoisotopic (exact) mass is 285 g/mol. The van der Waals surface area contributed by atoms with Crippen molar-refractivity contribution in [1.29, 1.82) is 0 Å². The van der Waals surface area contributed by atoms with Crippen LogP contribution in [0.1, 0.15) is 12.6 Å². The number of anilines is 1. The maximum absolute atomic E-state index is 5.79. The Balaban J connectivity index is 2.14. The summed E-state index contributed by atoms with van der Waals surface area (Å²) in [6.45, 7) is 5.85. The maximum atomic E-state index is 5.79. The van der Waals surface area contributed by atoms with Crippen molar-refractivity contribution in [2.24, 2.45) is 0 Å². The first-order valence-corrected chi connectivity index (χ1v) is 6.56. The molecule has 0 radical (unpaired) electrons. The van der Waals surface area contributed by atoms with E-state index in [1.54, 1.807) is 6.33 Å². The number of rotatable bonds is 2. The molecule has 1 aliphatic rings. The molecule has 0 N–H and O–H groups in total. The fourth-order valence-electron chi connectivity index (χ4n) is 1.93. The van der Waals surface area contributed by atoms with Gasteiger partial charge in [0.2, 0.25) is 0 Å². The summed E-state index contributed by atoms with van der Waals surface area (Å²) in [6.07, 6.45) is 2.10. The Kier molecular flexibility index (Phi) is 3.76. The molecule has 0 bridgehead atoms. The lowest BCUT2D eigenvalue weighted by Crippen LogP contribution is -2.47. The molecule has 1 saturated heterocycles. The molecule has 1 fully saturated rings. The molecule has 2 atom stereocenters. The molecule has 5 heteroatoms. The van der Waals surface area contributed by atoms with Gasteiger partial charge in [0.25, 0.3) is 0 Å². The van der Waals surface area contributed by atoms with Crippen molar-refractivity contribution in [3.8, 4) is 0 Å². The Hall–Kier alpha value is -0.680. The van der Waals surface area contributed by atoms with Gasteiger partial charge in [-0.3, -0.25) is 0 Å². The quantitative estimate of drug-likeness (QED) is 0.777. The van der Waals surface area contributed by atoms with Gasteiger partial charge in [0.15, 0.2) is 0 Å². The van der Waals surface area contributed by atoms with E-state index in [2.05, 4.69) is 37.7 Å². The van der Waals surface area contributed by atoms with Crippen LogP contribution >= 0.6 is 15.9 Å². The lowest BCUT2D eigenvalue weighted by molar-refractivity contribution is -0.00224. The first-order valence-electron chi connectivity index (χ1n) is 5.44. The van der Waals surface area contributed by atoms with Crippen LogP contribution in [0.4, 0.5) is 5.82 Å². The topological polar surface area (TPSA) is 38.2 Å². The molecule has 1 aromatic heterocycles. The van der Waals surface area contributed by atoms with Gasteiger partial charge in [-0.15, -0.1) is 0 Å². The van der Waals surface area contributed by atoms with Gasteiger partial charge in [-0.2, -0.15) is 0 Å². The zero-order valence-corrected chi connectivity index (χ0v) is 11.1. The van der Waals surface area contributed by atoms with Crippen molar-refractivity contribution in [1.82, 2.24) is 9.97 Å². The Bertz CT molecular complexity index is 361. The lowest BCUT2D eigenvalue weighted by Gasteiger charge is -2.36. The molecular weight excluding hydrogens is 270 g/mol. The maximum Gasteiger partial charge on any atom is 0.132 e. The summed E-state index contributed by atoms with van der Waals surface area (Å²) in [5.74, 6) is 0.994. The summed E-state index contributed by atoms with van der Waals surface area (Å²) in [5.41, 5.74) is 1.000. The third-order valence-electron chi connectivity index (χ3n) is 2.61. The van der Waals surface area contributed by atoms with Gasteiger partial charge < -0.3 is 9.64 Å². The highest BCUT2D eigenvalue weighted by atomic mass is 79.9. The second kappa shape index (κ2) is 5.10. The highest BCUT2D eigenvalue weighted by molar-refractivity contribution is 9.09. The van der Waals surface area contributed by atoms with Crippen LogP contribution in [-0.4, -0.2) is 40.6 Å². The predicted octanol–water partition coefficient (Wildman–Crippen LogP) is 1.77. The number of hydrogen-bond donors (Lipinski definition) is 0. The summed E-state index contributed by atoms with van der Waals surface area (Å²) in [4.78, 5) is 10.7. The van der Waals surface area contributed by atoms with Crippen molar-refractivity contribution in [3.05, 3.63) is 18.1 Å². The molecule has 2 heterocycles. The summed E-state index contributed by atoms with van der Waals surface area (Å²) in [6, 6.07) is 2.02. The SMILES string of the molecule is Cc1cc(N2CC(C)OC(CBr)C2)ncn1. The molecule has 0 saturated carbocycles. The summed E-state index contributed by atoms with van der Waals surface area (Å²) in [5, 5.41) is 0.859. The number of aromatic nitrogens is 2. The average molecular weight is 286 g/mol. The highest BCUT2D eigenvalue weighted by Crippen LogP contribution is 2.19. The molecule has 1 aromatic rings. The van der Waals surface area contributed by atoms with E-state index in [9.17, 15) is 0 Å². The fourth-order valence-corrected chi connectivity index (χ4v) is 2.29. The zero-order valence-electron chi connectivity index (χ0n) is 9.56. The van der Waals surface area contributed by atoms with Crippen LogP contribution in [0.25, 0.3) is 0 Å². The number of halogens is 1. The minimum atomic E-state index is 0.235. The molecular formula is C11H16BrN3O. The Labute approximate surface area is 104 Å². The van der Waals surface area contributed by atoms with Gasteiger partial charge in [-0.1, -0.05) is 15.9 Å². The largest absolute Gasteiger partial charge is 0.371 e. The average Bonchev–Trinajstić information content (AvgIpc) is 2.28. The van der Waals surface area contributed by atoms with Gasteiger partial charge in [0.1, 0.15) is 12.1 Å². The second-order valence-corrected chi connectivity index (χ2v) is 4.79. The Morgan fingerprint density at radius 3 is 3.00 bits per heavy atom. The fraction of sp³-hybridized carbons (Fsp3) is 0.636. The molecule has 0 spiro atoms. The smallest absolute Gasteiger partial charge is 0.132 e. The van der Waals surface area contributed by atoms with Crippen molar-refractivity contribution in [2.75, 3.05) is 23.3 Å². The summed E-state index contributed by atoms with van der Waals surface area (Å²) < 4.78 is 5.79. The molecule has 2 rings (SSSR count). The van der Waals surface area contributed by atoms with Gasteiger partial charge in [-0.05, 0) is 13.8 Å². The number of aryl methyl sites for hydroxylation is 1. The number of hydrogen-bond acceptors (Lipinski definition) is 4. The van der Waals surface area contributed by atoms with Gasteiger partial charge in [-0.25, -0.2) is 9.97 Å². The third-order valence-corrected chi connectivity index (χ3v) is 3.33. The van der Waals surface area contributed by atoms with Crippen LogP contribution in [0.3, 0.4) is 0 Å². The van der Waals surface area contributed by atoms with Crippen LogP contribution in [0.15, 0.2) is 12.4 Å². The van der Waals surface area contributed by atoms with Gasteiger partial charge >= 0.3 is 0 Å². The van der Waals surface area contributed by atoms with E-state index in [0.29, 0.717) is 0 Å². The first kappa shape index (κ1) is 11.8. The standard InChI is InChI=1S/C11H16BrN3O/c1-8-3-11(14-7-13-8)15-5-9(2)16-10(4-12)6-15/h3,7,9-10H,4-6H2,1-2H3. The zero-order chi connectivity index (χ0) is 11.5. The normalized spacial score (nSPS) is 25.8. The van der Waals surface area contributed by atoms with E-state index in [1.807, 2.05) is 13.0 Å². The van der Waals surface area contributed by atoms with E-state index < -0.39 is 0 Å². The summed E-state index contributed by atoms with van der Waals surface area (Å²) in [7, 11) is 0. The van der Waals surface area contributed by atoms with E-state index in [0.717, 1.165) is 29.9 Å². The molecule has 0 amide bonds. The van der Waals surface area contributed by atoms with E-state index >= 15 is 0 Å². The van der Waals surface area contributed by atoms with Crippen molar-refractivity contribution in [3.63, 3.8) is 0 Å². The van der Waals surface area contributed by atoms with Crippen LogP contribution in [-0.2, 0) is 4.74 Å². The number of nitrogens with zero attached hydrogens (tertiary/aromatic N) is 3. The Morgan fingerprint density at radius 1 is 1.50 bits per heavy atom. The van der Waals surface area contributed by atoms with E-state index in [1.165, 1.54) is 0 Å². The van der Waals surface area contributed by atoms with Gasteiger partial charge in [0.05, 0.1) is 12.2 Å². The molecule has 2 unspecified atom stereocenters.